The second-order valence-corrected chi connectivity index (χ2v) is 5.19. The molecule has 0 radical (unpaired) electrons. The van der Waals surface area contributed by atoms with E-state index < -0.39 is 0 Å². The van der Waals surface area contributed by atoms with Crippen molar-refractivity contribution >= 4 is 5.97 Å². The first kappa shape index (κ1) is 11.7. The normalized spacial score (nSPS) is 25.9. The Labute approximate surface area is 98.1 Å². The van der Waals surface area contributed by atoms with E-state index in [0.717, 1.165) is 12.8 Å². The van der Waals surface area contributed by atoms with E-state index in [0.29, 0.717) is 24.9 Å². The van der Waals surface area contributed by atoms with E-state index in [1.165, 1.54) is 32.1 Å². The van der Waals surface area contributed by atoms with E-state index in [4.69, 9.17) is 4.74 Å². The van der Waals surface area contributed by atoms with Gasteiger partial charge in [-0.2, -0.15) is 0 Å². The molecule has 2 nitrogen and oxygen atoms in total. The number of hydrogen-bond acceptors (Lipinski definition) is 2. The maximum absolute atomic E-state index is 11.6. The zero-order valence-electron chi connectivity index (χ0n) is 9.99. The van der Waals surface area contributed by atoms with Gasteiger partial charge in [-0.15, -0.1) is 0 Å². The lowest BCUT2D eigenvalue weighted by atomic mass is 9.95. The van der Waals surface area contributed by atoms with Crippen LogP contribution >= 0.6 is 0 Å². The minimum Gasteiger partial charge on any atom is -0.465 e. The van der Waals surface area contributed by atoms with Crippen molar-refractivity contribution in [3.8, 4) is 0 Å². The van der Waals surface area contributed by atoms with Crippen LogP contribution in [0.2, 0.25) is 0 Å². The zero-order valence-corrected chi connectivity index (χ0v) is 9.99. The fraction of sp³-hybridized carbons (Fsp3) is 0.786. The Kier molecular flexibility index (Phi) is 4.44. The van der Waals surface area contributed by atoms with Crippen molar-refractivity contribution in [1.29, 1.82) is 0 Å². The monoisotopic (exact) mass is 222 g/mol. The van der Waals surface area contributed by atoms with E-state index in [9.17, 15) is 4.79 Å². The van der Waals surface area contributed by atoms with Crippen molar-refractivity contribution < 1.29 is 9.53 Å². The first-order valence-electron chi connectivity index (χ1n) is 6.65. The van der Waals surface area contributed by atoms with Crippen LogP contribution < -0.4 is 0 Å². The molecule has 1 saturated carbocycles. The van der Waals surface area contributed by atoms with Crippen molar-refractivity contribution in [3.63, 3.8) is 0 Å². The molecule has 16 heavy (non-hydrogen) atoms. The Morgan fingerprint density at radius 1 is 1.12 bits per heavy atom. The third-order valence-electron chi connectivity index (χ3n) is 3.79. The van der Waals surface area contributed by atoms with Gasteiger partial charge in [-0.05, 0) is 43.9 Å². The summed E-state index contributed by atoms with van der Waals surface area (Å²) in [6.45, 7) is 0.635. The van der Waals surface area contributed by atoms with Crippen molar-refractivity contribution in [2.75, 3.05) is 6.61 Å². The van der Waals surface area contributed by atoms with Gasteiger partial charge in [0, 0.05) is 6.42 Å². The molecule has 0 saturated heterocycles. The Hall–Kier alpha value is -0.790. The van der Waals surface area contributed by atoms with Crippen molar-refractivity contribution in [2.45, 2.75) is 51.4 Å². The summed E-state index contributed by atoms with van der Waals surface area (Å²) in [5.41, 5.74) is 0. The standard InChI is InChI=1S/C14H22O2/c15-14(10-12-6-4-5-7-12)16-11-13-8-2-1-3-9-13/h1-2,12-13H,3-11H2. The second kappa shape index (κ2) is 6.07. The quantitative estimate of drug-likeness (QED) is 0.538. The molecule has 0 aromatic heterocycles. The van der Waals surface area contributed by atoms with Crippen molar-refractivity contribution in [2.24, 2.45) is 11.8 Å². The van der Waals surface area contributed by atoms with E-state index in [-0.39, 0.29) is 5.97 Å². The lowest BCUT2D eigenvalue weighted by Gasteiger charge is -2.18. The number of hydrogen-bond donors (Lipinski definition) is 0. The molecule has 0 bridgehead atoms. The molecule has 2 heteroatoms. The number of ether oxygens (including phenoxy) is 1. The molecule has 90 valence electrons. The second-order valence-electron chi connectivity index (χ2n) is 5.19. The molecule has 0 aromatic carbocycles. The summed E-state index contributed by atoms with van der Waals surface area (Å²) in [5.74, 6) is 1.21. The summed E-state index contributed by atoms with van der Waals surface area (Å²) < 4.78 is 5.37. The van der Waals surface area contributed by atoms with E-state index >= 15 is 0 Å². The van der Waals surface area contributed by atoms with Crippen LogP contribution in [0.5, 0.6) is 0 Å². The van der Waals surface area contributed by atoms with Gasteiger partial charge in [0.25, 0.3) is 0 Å². The van der Waals surface area contributed by atoms with Crippen LogP contribution in [-0.2, 0) is 9.53 Å². The maximum atomic E-state index is 11.6. The summed E-state index contributed by atoms with van der Waals surface area (Å²) >= 11 is 0. The Bertz CT molecular complexity index is 251. The molecule has 0 amide bonds. The van der Waals surface area contributed by atoms with Crippen molar-refractivity contribution in [1.82, 2.24) is 0 Å². The average molecular weight is 222 g/mol. The highest BCUT2D eigenvalue weighted by atomic mass is 16.5. The first-order valence-corrected chi connectivity index (χ1v) is 6.65. The number of carbonyl (C=O) groups excluding carboxylic acids is 1. The minimum atomic E-state index is 0.0291. The van der Waals surface area contributed by atoms with Gasteiger partial charge >= 0.3 is 5.97 Å². The third kappa shape index (κ3) is 3.66. The first-order chi connectivity index (χ1) is 7.84. The van der Waals surface area contributed by atoms with E-state index in [2.05, 4.69) is 12.2 Å². The van der Waals surface area contributed by atoms with Crippen LogP contribution in [-0.4, -0.2) is 12.6 Å². The van der Waals surface area contributed by atoms with Gasteiger partial charge in [0.2, 0.25) is 0 Å². The molecule has 2 rings (SSSR count). The Morgan fingerprint density at radius 2 is 1.94 bits per heavy atom. The predicted molar refractivity (Wildman–Crippen MR) is 64.0 cm³/mol. The highest BCUT2D eigenvalue weighted by Gasteiger charge is 2.20. The van der Waals surface area contributed by atoms with Gasteiger partial charge in [-0.3, -0.25) is 4.79 Å². The van der Waals surface area contributed by atoms with Gasteiger partial charge in [-0.1, -0.05) is 25.0 Å². The van der Waals surface area contributed by atoms with Crippen LogP contribution in [0.1, 0.15) is 51.4 Å². The highest BCUT2D eigenvalue weighted by Crippen LogP contribution is 2.28. The molecule has 2 aliphatic carbocycles. The van der Waals surface area contributed by atoms with Gasteiger partial charge in [0.05, 0.1) is 6.61 Å². The van der Waals surface area contributed by atoms with Gasteiger partial charge in [0.1, 0.15) is 0 Å². The van der Waals surface area contributed by atoms with Crippen LogP contribution in [0.15, 0.2) is 12.2 Å². The summed E-state index contributed by atoms with van der Waals surface area (Å²) in [7, 11) is 0. The van der Waals surface area contributed by atoms with Gasteiger partial charge < -0.3 is 4.74 Å². The number of esters is 1. The molecule has 1 atom stereocenters. The molecule has 0 heterocycles. The lowest BCUT2D eigenvalue weighted by molar-refractivity contribution is -0.146. The summed E-state index contributed by atoms with van der Waals surface area (Å²) in [6.07, 6.45) is 13.5. The average Bonchev–Trinajstić information content (AvgIpc) is 2.81. The van der Waals surface area contributed by atoms with Gasteiger partial charge in [0.15, 0.2) is 0 Å². The zero-order chi connectivity index (χ0) is 11.2. The summed E-state index contributed by atoms with van der Waals surface area (Å²) in [4.78, 5) is 11.6. The molecule has 0 aromatic rings. The largest absolute Gasteiger partial charge is 0.465 e. The maximum Gasteiger partial charge on any atom is 0.306 e. The summed E-state index contributed by atoms with van der Waals surface area (Å²) in [6, 6.07) is 0. The summed E-state index contributed by atoms with van der Waals surface area (Å²) in [5, 5.41) is 0. The topological polar surface area (TPSA) is 26.3 Å². The fourth-order valence-corrected chi connectivity index (χ4v) is 2.73. The molecule has 0 spiro atoms. The van der Waals surface area contributed by atoms with Crippen LogP contribution in [0.25, 0.3) is 0 Å². The smallest absolute Gasteiger partial charge is 0.306 e. The van der Waals surface area contributed by atoms with Crippen LogP contribution in [0.3, 0.4) is 0 Å². The molecular weight excluding hydrogens is 200 g/mol. The van der Waals surface area contributed by atoms with E-state index in [1.54, 1.807) is 0 Å². The Balaban J connectivity index is 1.61. The Morgan fingerprint density at radius 3 is 2.62 bits per heavy atom. The number of rotatable bonds is 4. The number of allylic oxidation sites excluding steroid dienone is 2. The lowest BCUT2D eigenvalue weighted by Crippen LogP contribution is -2.16. The molecule has 0 N–H and O–H groups in total. The van der Waals surface area contributed by atoms with Crippen LogP contribution in [0, 0.1) is 11.8 Å². The fourth-order valence-electron chi connectivity index (χ4n) is 2.73. The molecule has 2 aliphatic rings. The SMILES string of the molecule is O=C(CC1CCCC1)OCC1CC=CCC1. The molecule has 1 unspecified atom stereocenters. The molecular formula is C14H22O2. The molecule has 1 fully saturated rings. The van der Waals surface area contributed by atoms with Crippen molar-refractivity contribution in [3.05, 3.63) is 12.2 Å². The number of carbonyl (C=O) groups is 1. The van der Waals surface area contributed by atoms with Crippen LogP contribution in [0.4, 0.5) is 0 Å². The highest BCUT2D eigenvalue weighted by molar-refractivity contribution is 5.69. The predicted octanol–water partition coefficient (Wildman–Crippen LogP) is 3.47. The van der Waals surface area contributed by atoms with E-state index in [1.807, 2.05) is 0 Å². The third-order valence-corrected chi connectivity index (χ3v) is 3.79. The minimum absolute atomic E-state index is 0.0291. The van der Waals surface area contributed by atoms with Gasteiger partial charge in [-0.25, -0.2) is 0 Å². The molecule has 0 aliphatic heterocycles.